The van der Waals surface area contributed by atoms with Gasteiger partial charge in [-0.05, 0) is 34.1 Å². The minimum absolute atomic E-state index is 0.00741. The standard InChI is InChI=1S/C13H24N2O4S/c1-5-15(10-6-7-20(18,19)9-10)12(17)8-11(16)14-13(2,3)4/h10H,5-9H2,1-4H3,(H,14,16). The summed E-state index contributed by atoms with van der Waals surface area (Å²) < 4.78 is 23.0. The van der Waals surface area contributed by atoms with Crippen LogP contribution in [0.4, 0.5) is 0 Å². The highest BCUT2D eigenvalue weighted by Gasteiger charge is 2.34. The maximum absolute atomic E-state index is 12.1. The molecule has 1 rings (SSSR count). The lowest BCUT2D eigenvalue weighted by Gasteiger charge is -2.27. The van der Waals surface area contributed by atoms with E-state index in [1.165, 1.54) is 4.90 Å². The van der Waals surface area contributed by atoms with E-state index in [0.717, 1.165) is 0 Å². The maximum atomic E-state index is 12.1. The van der Waals surface area contributed by atoms with E-state index in [1.54, 1.807) is 6.92 Å². The van der Waals surface area contributed by atoms with Gasteiger partial charge in [-0.15, -0.1) is 0 Å². The summed E-state index contributed by atoms with van der Waals surface area (Å²) in [6.07, 6.45) is 0.227. The molecule has 1 fully saturated rings. The van der Waals surface area contributed by atoms with Gasteiger partial charge in [0, 0.05) is 18.1 Å². The molecule has 0 aromatic heterocycles. The van der Waals surface area contributed by atoms with Crippen molar-refractivity contribution in [2.45, 2.75) is 52.1 Å². The number of hydrogen-bond donors (Lipinski definition) is 1. The van der Waals surface area contributed by atoms with E-state index in [9.17, 15) is 18.0 Å². The number of sulfone groups is 1. The lowest BCUT2D eigenvalue weighted by molar-refractivity contribution is -0.137. The van der Waals surface area contributed by atoms with E-state index in [4.69, 9.17) is 0 Å². The van der Waals surface area contributed by atoms with Crippen molar-refractivity contribution < 1.29 is 18.0 Å². The Labute approximate surface area is 120 Å². The third-order valence-electron chi connectivity index (χ3n) is 3.14. The molecule has 1 saturated heterocycles. The van der Waals surface area contributed by atoms with Crippen molar-refractivity contribution in [1.29, 1.82) is 0 Å². The summed E-state index contributed by atoms with van der Waals surface area (Å²) >= 11 is 0. The Hall–Kier alpha value is -1.11. The predicted molar refractivity (Wildman–Crippen MR) is 77.0 cm³/mol. The normalized spacial score (nSPS) is 21.5. The van der Waals surface area contributed by atoms with Crippen LogP contribution in [0, 0.1) is 0 Å². The van der Waals surface area contributed by atoms with Gasteiger partial charge >= 0.3 is 0 Å². The first kappa shape index (κ1) is 16.9. The number of carbonyl (C=O) groups is 2. The van der Waals surface area contributed by atoms with Crippen molar-refractivity contribution in [2.75, 3.05) is 18.1 Å². The van der Waals surface area contributed by atoms with Gasteiger partial charge in [-0.2, -0.15) is 0 Å². The van der Waals surface area contributed by atoms with Gasteiger partial charge in [0.25, 0.3) is 0 Å². The second-order valence-corrected chi connectivity index (χ2v) is 8.44. The Morgan fingerprint density at radius 3 is 2.30 bits per heavy atom. The minimum atomic E-state index is -3.04. The number of nitrogens with zero attached hydrogens (tertiary/aromatic N) is 1. The molecule has 2 amide bonds. The fourth-order valence-electron chi connectivity index (χ4n) is 2.36. The van der Waals surface area contributed by atoms with Crippen molar-refractivity contribution in [1.82, 2.24) is 10.2 Å². The van der Waals surface area contributed by atoms with Crippen LogP contribution in [-0.4, -0.2) is 54.8 Å². The molecule has 0 aliphatic carbocycles. The summed E-state index contributed by atoms with van der Waals surface area (Å²) in [6, 6.07) is -0.292. The van der Waals surface area contributed by atoms with Crippen LogP contribution in [0.1, 0.15) is 40.5 Å². The Bertz CT molecular complexity index is 479. The van der Waals surface area contributed by atoms with Gasteiger partial charge < -0.3 is 10.2 Å². The third kappa shape index (κ3) is 5.11. The van der Waals surface area contributed by atoms with Gasteiger partial charge in [0.1, 0.15) is 6.42 Å². The first-order valence-electron chi connectivity index (χ1n) is 6.85. The highest BCUT2D eigenvalue weighted by atomic mass is 32.2. The van der Waals surface area contributed by atoms with E-state index in [1.807, 2.05) is 20.8 Å². The molecule has 0 aromatic carbocycles. The van der Waals surface area contributed by atoms with Crippen LogP contribution in [0.15, 0.2) is 0 Å². The molecule has 0 aromatic rings. The quantitative estimate of drug-likeness (QED) is 0.759. The molecule has 1 unspecified atom stereocenters. The minimum Gasteiger partial charge on any atom is -0.351 e. The van der Waals surface area contributed by atoms with Crippen molar-refractivity contribution in [3.8, 4) is 0 Å². The monoisotopic (exact) mass is 304 g/mol. The number of nitrogens with one attached hydrogen (secondary N) is 1. The highest BCUT2D eigenvalue weighted by molar-refractivity contribution is 7.91. The molecule has 0 spiro atoms. The maximum Gasteiger partial charge on any atom is 0.232 e. The summed E-state index contributed by atoms with van der Waals surface area (Å²) in [5.74, 6) is -0.513. The molecule has 1 aliphatic rings. The summed E-state index contributed by atoms with van der Waals surface area (Å²) in [6.45, 7) is 7.75. The number of hydrogen-bond acceptors (Lipinski definition) is 4. The third-order valence-corrected chi connectivity index (χ3v) is 4.89. The number of amides is 2. The van der Waals surface area contributed by atoms with Gasteiger partial charge in [-0.3, -0.25) is 9.59 Å². The van der Waals surface area contributed by atoms with E-state index in [-0.39, 0.29) is 41.3 Å². The molecule has 7 heteroatoms. The van der Waals surface area contributed by atoms with E-state index >= 15 is 0 Å². The van der Waals surface area contributed by atoms with Gasteiger partial charge in [0.2, 0.25) is 11.8 Å². The Balaban J connectivity index is 2.62. The van der Waals surface area contributed by atoms with Crippen LogP contribution < -0.4 is 5.32 Å². The van der Waals surface area contributed by atoms with E-state index < -0.39 is 9.84 Å². The molecule has 1 heterocycles. The average Bonchev–Trinajstić information content (AvgIpc) is 2.56. The number of carbonyl (C=O) groups excluding carboxylic acids is 2. The van der Waals surface area contributed by atoms with Gasteiger partial charge in [0.05, 0.1) is 11.5 Å². The molecule has 0 saturated carbocycles. The topological polar surface area (TPSA) is 83.6 Å². The first-order valence-corrected chi connectivity index (χ1v) is 8.67. The van der Waals surface area contributed by atoms with Crippen molar-refractivity contribution in [2.24, 2.45) is 0 Å². The largest absolute Gasteiger partial charge is 0.351 e. The van der Waals surface area contributed by atoms with Gasteiger partial charge in [-0.25, -0.2) is 8.42 Å². The molecule has 20 heavy (non-hydrogen) atoms. The van der Waals surface area contributed by atoms with Gasteiger partial charge in [-0.1, -0.05) is 0 Å². The second-order valence-electron chi connectivity index (χ2n) is 6.21. The Morgan fingerprint density at radius 2 is 1.90 bits per heavy atom. The molecule has 1 aliphatic heterocycles. The molecular weight excluding hydrogens is 280 g/mol. The molecule has 6 nitrogen and oxygen atoms in total. The summed E-state index contributed by atoms with van der Waals surface area (Å²) in [5, 5.41) is 2.73. The van der Waals surface area contributed by atoms with Crippen LogP contribution in [-0.2, 0) is 19.4 Å². The zero-order valence-electron chi connectivity index (χ0n) is 12.6. The zero-order valence-corrected chi connectivity index (χ0v) is 13.4. The van der Waals surface area contributed by atoms with E-state index in [2.05, 4.69) is 5.32 Å². The van der Waals surface area contributed by atoms with Crippen LogP contribution in [0.25, 0.3) is 0 Å². The summed E-state index contributed by atoms with van der Waals surface area (Å²) in [4.78, 5) is 25.4. The lowest BCUT2D eigenvalue weighted by atomic mass is 10.1. The zero-order chi connectivity index (χ0) is 15.6. The molecule has 0 bridgehead atoms. The van der Waals surface area contributed by atoms with Crippen LogP contribution in [0.3, 0.4) is 0 Å². The van der Waals surface area contributed by atoms with Gasteiger partial charge in [0.15, 0.2) is 9.84 Å². The van der Waals surface area contributed by atoms with Crippen molar-refractivity contribution >= 4 is 21.7 Å². The van der Waals surface area contributed by atoms with Crippen LogP contribution in [0.2, 0.25) is 0 Å². The second kappa shape index (κ2) is 6.11. The average molecular weight is 304 g/mol. The predicted octanol–water partition coefficient (Wildman–Crippen LogP) is 0.327. The lowest BCUT2D eigenvalue weighted by Crippen LogP contribution is -2.46. The molecular formula is C13H24N2O4S. The Kier molecular flexibility index (Phi) is 5.18. The Morgan fingerprint density at radius 1 is 1.30 bits per heavy atom. The first-order chi connectivity index (χ1) is 9.04. The van der Waals surface area contributed by atoms with Crippen LogP contribution in [0.5, 0.6) is 0 Å². The molecule has 116 valence electrons. The molecule has 1 atom stereocenters. The van der Waals surface area contributed by atoms with Crippen molar-refractivity contribution in [3.05, 3.63) is 0 Å². The fourth-order valence-corrected chi connectivity index (χ4v) is 4.09. The fraction of sp³-hybridized carbons (Fsp3) is 0.846. The molecule has 0 radical (unpaired) electrons. The summed E-state index contributed by atoms with van der Waals surface area (Å²) in [7, 11) is -3.04. The van der Waals surface area contributed by atoms with Crippen LogP contribution >= 0.6 is 0 Å². The van der Waals surface area contributed by atoms with E-state index in [0.29, 0.717) is 13.0 Å². The SMILES string of the molecule is CCN(C(=O)CC(=O)NC(C)(C)C)C1CCS(=O)(=O)C1. The molecule has 1 N–H and O–H groups in total. The highest BCUT2D eigenvalue weighted by Crippen LogP contribution is 2.18. The number of rotatable bonds is 4. The summed E-state index contributed by atoms with van der Waals surface area (Å²) in [5.41, 5.74) is -0.384. The smallest absolute Gasteiger partial charge is 0.232 e. The van der Waals surface area contributed by atoms with Crippen molar-refractivity contribution in [3.63, 3.8) is 0 Å².